The summed E-state index contributed by atoms with van der Waals surface area (Å²) in [6.07, 6.45) is 3.33. The number of methoxy groups -OCH3 is 1. The van der Waals surface area contributed by atoms with Crippen LogP contribution in [0.4, 0.5) is 5.69 Å². The highest BCUT2D eigenvalue weighted by Crippen LogP contribution is 2.31. The Morgan fingerprint density at radius 2 is 1.85 bits per heavy atom. The molecule has 2 heterocycles. The number of hydrogen-bond donors (Lipinski definition) is 1. The first-order valence-electron chi connectivity index (χ1n) is 10.7. The zero-order valence-electron chi connectivity index (χ0n) is 19.4. The van der Waals surface area contributed by atoms with Gasteiger partial charge < -0.3 is 24.1 Å². The van der Waals surface area contributed by atoms with Crippen LogP contribution in [0.15, 0.2) is 65.4 Å². The lowest BCUT2D eigenvalue weighted by Crippen LogP contribution is -2.12. The molecule has 0 aliphatic carbocycles. The van der Waals surface area contributed by atoms with Crippen molar-refractivity contribution in [2.45, 2.75) is 27.4 Å². The minimum atomic E-state index is -0.268. The Balaban J connectivity index is 1.44. The van der Waals surface area contributed by atoms with Crippen molar-refractivity contribution < 1.29 is 23.5 Å². The average molecular weight is 460 g/mol. The van der Waals surface area contributed by atoms with Crippen LogP contribution in [0.2, 0.25) is 0 Å². The number of nitrogens with zero attached hydrogens (tertiary/aromatic N) is 2. The van der Waals surface area contributed by atoms with Gasteiger partial charge in [-0.25, -0.2) is 0 Å². The fourth-order valence-electron chi connectivity index (χ4n) is 3.37. The Kier molecular flexibility index (Phi) is 6.77. The lowest BCUT2D eigenvalue weighted by atomic mass is 10.1. The molecule has 0 unspecified atom stereocenters. The second kappa shape index (κ2) is 10.1. The molecule has 2 aromatic heterocycles. The van der Waals surface area contributed by atoms with Crippen molar-refractivity contribution in [1.29, 1.82) is 0 Å². The van der Waals surface area contributed by atoms with Gasteiger partial charge in [0.25, 0.3) is 5.91 Å². The van der Waals surface area contributed by atoms with Crippen LogP contribution in [0, 0.1) is 20.8 Å². The Morgan fingerprint density at radius 3 is 2.53 bits per heavy atom. The summed E-state index contributed by atoms with van der Waals surface area (Å²) in [6.45, 7) is 5.90. The first-order valence-corrected chi connectivity index (χ1v) is 10.7. The van der Waals surface area contributed by atoms with Gasteiger partial charge in [-0.1, -0.05) is 5.16 Å². The monoisotopic (exact) mass is 459 g/mol. The van der Waals surface area contributed by atoms with E-state index in [-0.39, 0.29) is 12.5 Å². The molecule has 1 amide bonds. The second-order valence-corrected chi connectivity index (χ2v) is 7.68. The number of carbonyl (C=O) groups is 1. The van der Waals surface area contributed by atoms with E-state index >= 15 is 0 Å². The quantitative estimate of drug-likeness (QED) is 0.365. The Morgan fingerprint density at radius 1 is 1.03 bits per heavy atom. The van der Waals surface area contributed by atoms with E-state index in [1.165, 1.54) is 7.11 Å². The van der Waals surface area contributed by atoms with E-state index in [0.29, 0.717) is 40.0 Å². The van der Waals surface area contributed by atoms with Gasteiger partial charge in [-0.15, -0.1) is 0 Å². The number of rotatable bonds is 8. The van der Waals surface area contributed by atoms with E-state index in [0.717, 1.165) is 16.8 Å². The summed E-state index contributed by atoms with van der Waals surface area (Å²) < 4.78 is 22.3. The van der Waals surface area contributed by atoms with E-state index in [1.54, 1.807) is 42.7 Å². The maximum atomic E-state index is 12.8. The summed E-state index contributed by atoms with van der Waals surface area (Å²) >= 11 is 0. The number of nitrogens with one attached hydrogen (secondary N) is 1. The Hall–Kier alpha value is -4.33. The highest BCUT2D eigenvalue weighted by atomic mass is 16.5. The number of hydrogen-bond acceptors (Lipinski definition) is 7. The molecule has 0 saturated carbocycles. The summed E-state index contributed by atoms with van der Waals surface area (Å²) in [5.74, 6) is 2.75. The summed E-state index contributed by atoms with van der Waals surface area (Å²) in [5.41, 5.74) is 3.63. The van der Waals surface area contributed by atoms with Gasteiger partial charge in [0.2, 0.25) is 0 Å². The van der Waals surface area contributed by atoms with E-state index < -0.39 is 0 Å². The van der Waals surface area contributed by atoms with E-state index in [4.69, 9.17) is 18.7 Å². The van der Waals surface area contributed by atoms with Crippen LogP contribution in [0.1, 0.15) is 32.9 Å². The van der Waals surface area contributed by atoms with E-state index in [1.807, 2.05) is 39.0 Å². The van der Waals surface area contributed by atoms with Gasteiger partial charge >= 0.3 is 0 Å². The third-order valence-electron chi connectivity index (χ3n) is 5.27. The molecule has 0 saturated heterocycles. The van der Waals surface area contributed by atoms with Crippen molar-refractivity contribution in [2.24, 2.45) is 0 Å². The van der Waals surface area contributed by atoms with Gasteiger partial charge in [0.15, 0.2) is 11.5 Å². The molecule has 174 valence electrons. The molecular formula is C26H25N3O5. The molecule has 34 heavy (non-hydrogen) atoms. The molecule has 0 spiro atoms. The molecule has 4 rings (SSSR count). The van der Waals surface area contributed by atoms with Crippen LogP contribution >= 0.6 is 0 Å². The Bertz CT molecular complexity index is 1280. The van der Waals surface area contributed by atoms with Crippen molar-refractivity contribution >= 4 is 11.6 Å². The average Bonchev–Trinajstić information content (AvgIpc) is 3.17. The smallest absolute Gasteiger partial charge is 0.255 e. The standard InChI is InChI=1S/C26H25N3O5/c1-16-12-20(8-10-23(16)33-21-6-5-11-27-14-21)28-26(30)19-7-9-24(25(13-19)31-4)32-15-22-17(2)29-34-18(22)3/h5-14H,15H2,1-4H3,(H,28,30). The van der Waals surface area contributed by atoms with Crippen molar-refractivity contribution in [2.75, 3.05) is 12.4 Å². The first kappa shape index (κ1) is 22.8. The molecule has 0 bridgehead atoms. The van der Waals surface area contributed by atoms with Crippen LogP contribution in [0.3, 0.4) is 0 Å². The number of carbonyl (C=O) groups excluding carboxylic acids is 1. The number of pyridine rings is 1. The zero-order valence-corrected chi connectivity index (χ0v) is 19.4. The van der Waals surface area contributed by atoms with Crippen LogP contribution in [0.25, 0.3) is 0 Å². The van der Waals surface area contributed by atoms with Gasteiger partial charge in [0.1, 0.15) is 23.9 Å². The van der Waals surface area contributed by atoms with Crippen molar-refractivity contribution in [3.63, 3.8) is 0 Å². The lowest BCUT2D eigenvalue weighted by Gasteiger charge is -2.13. The fraction of sp³-hybridized carbons (Fsp3) is 0.192. The molecule has 2 aromatic carbocycles. The number of ether oxygens (including phenoxy) is 3. The van der Waals surface area contributed by atoms with Gasteiger partial charge in [-0.3, -0.25) is 9.78 Å². The van der Waals surface area contributed by atoms with E-state index in [9.17, 15) is 4.79 Å². The highest BCUT2D eigenvalue weighted by molar-refractivity contribution is 6.04. The minimum absolute atomic E-state index is 0.268. The SMILES string of the molecule is COc1cc(C(=O)Nc2ccc(Oc3cccnc3)c(C)c2)ccc1OCc1c(C)noc1C. The third kappa shape index (κ3) is 5.17. The molecular weight excluding hydrogens is 434 g/mol. The van der Waals surface area contributed by atoms with Crippen molar-refractivity contribution in [3.8, 4) is 23.0 Å². The predicted octanol–water partition coefficient (Wildman–Crippen LogP) is 5.63. The molecule has 8 nitrogen and oxygen atoms in total. The van der Waals surface area contributed by atoms with Crippen LogP contribution in [-0.4, -0.2) is 23.2 Å². The maximum absolute atomic E-state index is 12.8. The first-order chi connectivity index (χ1) is 16.4. The summed E-state index contributed by atoms with van der Waals surface area (Å²) in [5, 5.41) is 6.84. The van der Waals surface area contributed by atoms with E-state index in [2.05, 4.69) is 15.5 Å². The van der Waals surface area contributed by atoms with Gasteiger partial charge in [0, 0.05) is 17.4 Å². The number of aryl methyl sites for hydroxylation is 3. The molecule has 0 radical (unpaired) electrons. The molecule has 0 atom stereocenters. The van der Waals surface area contributed by atoms with Crippen LogP contribution < -0.4 is 19.5 Å². The number of anilines is 1. The highest BCUT2D eigenvalue weighted by Gasteiger charge is 2.15. The number of amides is 1. The second-order valence-electron chi connectivity index (χ2n) is 7.68. The van der Waals surface area contributed by atoms with Gasteiger partial charge in [-0.2, -0.15) is 0 Å². The summed E-state index contributed by atoms with van der Waals surface area (Å²) in [6, 6.07) is 14.1. The zero-order chi connectivity index (χ0) is 24.1. The minimum Gasteiger partial charge on any atom is -0.493 e. The van der Waals surface area contributed by atoms with Crippen molar-refractivity contribution in [3.05, 3.63) is 89.1 Å². The molecule has 4 aromatic rings. The molecule has 0 fully saturated rings. The lowest BCUT2D eigenvalue weighted by molar-refractivity contribution is 0.102. The molecule has 1 N–H and O–H groups in total. The molecule has 8 heteroatoms. The van der Waals surface area contributed by atoms with Gasteiger partial charge in [-0.05, 0) is 74.9 Å². The fourth-order valence-corrected chi connectivity index (χ4v) is 3.37. The predicted molar refractivity (Wildman–Crippen MR) is 127 cm³/mol. The molecule has 0 aliphatic heterocycles. The summed E-state index contributed by atoms with van der Waals surface area (Å²) in [4.78, 5) is 16.9. The number of aromatic nitrogens is 2. The Labute approximate surface area is 197 Å². The normalized spacial score (nSPS) is 10.6. The topological polar surface area (TPSA) is 95.7 Å². The van der Waals surface area contributed by atoms with Gasteiger partial charge in [0.05, 0.1) is 24.6 Å². The maximum Gasteiger partial charge on any atom is 0.255 e. The van der Waals surface area contributed by atoms with Crippen LogP contribution in [0.5, 0.6) is 23.0 Å². The van der Waals surface area contributed by atoms with Crippen molar-refractivity contribution in [1.82, 2.24) is 10.1 Å². The summed E-state index contributed by atoms with van der Waals surface area (Å²) in [7, 11) is 1.53. The molecule has 0 aliphatic rings. The largest absolute Gasteiger partial charge is 0.493 e. The third-order valence-corrected chi connectivity index (χ3v) is 5.27. The van der Waals surface area contributed by atoms with Crippen LogP contribution in [-0.2, 0) is 6.61 Å². The number of benzene rings is 2.